The molecule has 0 heterocycles. The van der Waals surface area contributed by atoms with Crippen LogP contribution in [0.3, 0.4) is 0 Å². The van der Waals surface area contributed by atoms with Gasteiger partial charge in [0.1, 0.15) is 0 Å². The lowest BCUT2D eigenvalue weighted by molar-refractivity contribution is -0.103. The molecular weight excluding hydrogens is 232 g/mol. The quantitative estimate of drug-likeness (QED) is 0.452. The summed E-state index contributed by atoms with van der Waals surface area (Å²) in [4.78, 5) is 11.2. The molecule has 0 saturated heterocycles. The Bertz CT molecular complexity index is 529. The molecule has 0 unspecified atom stereocenters. The molecular formula is C15H11ClO. The molecule has 0 radical (unpaired) electrons. The van der Waals surface area contributed by atoms with E-state index in [9.17, 15) is 4.79 Å². The molecule has 0 aromatic heterocycles. The number of aldehydes is 1. The molecule has 0 spiro atoms. The number of carbonyl (C=O) groups is 1. The smallest absolute Gasteiger partial charge is 0.152 e. The zero-order valence-electron chi connectivity index (χ0n) is 9.14. The van der Waals surface area contributed by atoms with Crippen LogP contribution in [0.25, 0.3) is 10.6 Å². The van der Waals surface area contributed by atoms with Gasteiger partial charge in [0.2, 0.25) is 0 Å². The SMILES string of the molecule is O=CC(=C(Cl)c1ccccc1)c1ccccc1. The molecule has 0 N–H and O–H groups in total. The minimum Gasteiger partial charge on any atom is -0.298 e. The fraction of sp³-hybridized carbons (Fsp3) is 0. The van der Waals surface area contributed by atoms with Gasteiger partial charge in [0.25, 0.3) is 0 Å². The second kappa shape index (κ2) is 5.46. The molecule has 0 amide bonds. The van der Waals surface area contributed by atoms with E-state index in [1.54, 1.807) is 0 Å². The highest BCUT2D eigenvalue weighted by molar-refractivity contribution is 6.55. The third kappa shape index (κ3) is 2.63. The van der Waals surface area contributed by atoms with Crippen molar-refractivity contribution >= 4 is 28.5 Å². The lowest BCUT2D eigenvalue weighted by atomic mass is 10.0. The number of hydrogen-bond acceptors (Lipinski definition) is 1. The van der Waals surface area contributed by atoms with Crippen molar-refractivity contribution in [3.8, 4) is 0 Å². The normalized spacial score (nSPS) is 11.8. The lowest BCUT2D eigenvalue weighted by Crippen LogP contribution is -1.89. The molecule has 0 fully saturated rings. The van der Waals surface area contributed by atoms with Gasteiger partial charge in [0.15, 0.2) is 6.29 Å². The van der Waals surface area contributed by atoms with E-state index in [4.69, 9.17) is 11.6 Å². The van der Waals surface area contributed by atoms with Crippen molar-refractivity contribution in [1.82, 2.24) is 0 Å². The molecule has 84 valence electrons. The molecule has 0 aliphatic rings. The van der Waals surface area contributed by atoms with E-state index in [2.05, 4.69) is 0 Å². The van der Waals surface area contributed by atoms with Crippen molar-refractivity contribution in [3.63, 3.8) is 0 Å². The summed E-state index contributed by atoms with van der Waals surface area (Å²) in [6.45, 7) is 0. The van der Waals surface area contributed by atoms with Crippen LogP contribution in [0.2, 0.25) is 0 Å². The van der Waals surface area contributed by atoms with Crippen LogP contribution in [0.1, 0.15) is 11.1 Å². The van der Waals surface area contributed by atoms with Gasteiger partial charge in [-0.1, -0.05) is 72.3 Å². The maximum atomic E-state index is 11.2. The van der Waals surface area contributed by atoms with Gasteiger partial charge < -0.3 is 0 Å². The summed E-state index contributed by atoms with van der Waals surface area (Å²) in [7, 11) is 0. The number of carbonyl (C=O) groups excluding carboxylic acids is 1. The van der Waals surface area contributed by atoms with Gasteiger partial charge in [-0.3, -0.25) is 4.79 Å². The summed E-state index contributed by atoms with van der Waals surface area (Å²) >= 11 is 6.26. The Morgan fingerprint density at radius 3 is 1.76 bits per heavy atom. The highest BCUT2D eigenvalue weighted by Gasteiger charge is 2.07. The van der Waals surface area contributed by atoms with E-state index in [0.29, 0.717) is 10.6 Å². The van der Waals surface area contributed by atoms with Gasteiger partial charge in [0.05, 0.1) is 5.03 Å². The highest BCUT2D eigenvalue weighted by atomic mass is 35.5. The number of allylic oxidation sites excluding steroid dienone is 1. The average molecular weight is 243 g/mol. The predicted molar refractivity (Wildman–Crippen MR) is 71.6 cm³/mol. The third-order valence-electron chi connectivity index (χ3n) is 2.47. The van der Waals surface area contributed by atoms with E-state index < -0.39 is 0 Å². The van der Waals surface area contributed by atoms with E-state index in [1.807, 2.05) is 60.7 Å². The van der Waals surface area contributed by atoms with Gasteiger partial charge in [-0.15, -0.1) is 0 Å². The Morgan fingerprint density at radius 2 is 1.29 bits per heavy atom. The first kappa shape index (κ1) is 11.6. The summed E-state index contributed by atoms with van der Waals surface area (Å²) in [5, 5.41) is 0.479. The number of hydrogen-bond donors (Lipinski definition) is 0. The number of halogens is 1. The summed E-state index contributed by atoms with van der Waals surface area (Å²) < 4.78 is 0. The predicted octanol–water partition coefficient (Wildman–Crippen LogP) is 3.99. The molecule has 0 atom stereocenters. The summed E-state index contributed by atoms with van der Waals surface area (Å²) in [6, 6.07) is 18.9. The van der Waals surface area contributed by atoms with Crippen LogP contribution in [0.5, 0.6) is 0 Å². The standard InChI is InChI=1S/C15H11ClO/c16-15(13-9-5-2-6-10-13)14(11-17)12-7-3-1-4-8-12/h1-11H. The van der Waals surface area contributed by atoms with Crippen molar-refractivity contribution in [2.24, 2.45) is 0 Å². The Kier molecular flexibility index (Phi) is 3.73. The molecule has 2 rings (SSSR count). The average Bonchev–Trinajstić information content (AvgIpc) is 2.42. The van der Waals surface area contributed by atoms with Crippen LogP contribution >= 0.6 is 11.6 Å². The van der Waals surface area contributed by atoms with Crippen molar-refractivity contribution in [3.05, 3.63) is 71.8 Å². The number of benzene rings is 2. The molecule has 0 saturated carbocycles. The molecule has 0 aliphatic heterocycles. The Hall–Kier alpha value is -1.86. The van der Waals surface area contributed by atoms with Crippen LogP contribution in [0, 0.1) is 0 Å². The fourth-order valence-electron chi connectivity index (χ4n) is 1.60. The molecule has 0 aliphatic carbocycles. The van der Waals surface area contributed by atoms with Gasteiger partial charge in [-0.05, 0) is 11.1 Å². The minimum atomic E-state index is 0.479. The molecule has 0 bridgehead atoms. The van der Waals surface area contributed by atoms with E-state index in [0.717, 1.165) is 17.4 Å². The molecule has 1 nitrogen and oxygen atoms in total. The maximum Gasteiger partial charge on any atom is 0.152 e. The van der Waals surface area contributed by atoms with Crippen molar-refractivity contribution in [2.45, 2.75) is 0 Å². The van der Waals surface area contributed by atoms with Crippen LogP contribution in [0.15, 0.2) is 60.7 Å². The van der Waals surface area contributed by atoms with Gasteiger partial charge in [-0.2, -0.15) is 0 Å². The van der Waals surface area contributed by atoms with Crippen LogP contribution in [0.4, 0.5) is 0 Å². The van der Waals surface area contributed by atoms with Crippen LogP contribution < -0.4 is 0 Å². The lowest BCUT2D eigenvalue weighted by Gasteiger charge is -2.05. The van der Waals surface area contributed by atoms with Crippen LogP contribution in [-0.2, 0) is 4.79 Å². The van der Waals surface area contributed by atoms with E-state index in [-0.39, 0.29) is 0 Å². The minimum absolute atomic E-state index is 0.479. The highest BCUT2D eigenvalue weighted by Crippen LogP contribution is 2.27. The second-order valence-electron chi connectivity index (χ2n) is 3.58. The summed E-state index contributed by atoms with van der Waals surface area (Å²) in [5.74, 6) is 0. The van der Waals surface area contributed by atoms with Crippen molar-refractivity contribution < 1.29 is 4.79 Å². The Labute approximate surface area is 105 Å². The van der Waals surface area contributed by atoms with Crippen molar-refractivity contribution in [2.75, 3.05) is 0 Å². The van der Waals surface area contributed by atoms with Gasteiger partial charge in [0, 0.05) is 5.57 Å². The van der Waals surface area contributed by atoms with Crippen molar-refractivity contribution in [1.29, 1.82) is 0 Å². The molecule has 17 heavy (non-hydrogen) atoms. The summed E-state index contributed by atoms with van der Waals surface area (Å²) in [6.07, 6.45) is 0.796. The fourth-order valence-corrected chi connectivity index (χ4v) is 1.88. The first-order valence-corrected chi connectivity index (χ1v) is 5.66. The van der Waals surface area contributed by atoms with Gasteiger partial charge >= 0.3 is 0 Å². The topological polar surface area (TPSA) is 17.1 Å². The Balaban J connectivity index is 2.52. The zero-order valence-corrected chi connectivity index (χ0v) is 9.89. The van der Waals surface area contributed by atoms with E-state index >= 15 is 0 Å². The van der Waals surface area contributed by atoms with E-state index in [1.165, 1.54) is 0 Å². The van der Waals surface area contributed by atoms with Gasteiger partial charge in [-0.25, -0.2) is 0 Å². The first-order chi connectivity index (χ1) is 8.33. The summed E-state index contributed by atoms with van der Waals surface area (Å²) in [5.41, 5.74) is 2.19. The zero-order chi connectivity index (χ0) is 12.1. The monoisotopic (exact) mass is 242 g/mol. The Morgan fingerprint density at radius 1 is 0.824 bits per heavy atom. The maximum absolute atomic E-state index is 11.2. The number of rotatable bonds is 3. The van der Waals surface area contributed by atoms with Crippen LogP contribution in [-0.4, -0.2) is 6.29 Å². The second-order valence-corrected chi connectivity index (χ2v) is 3.96. The molecule has 2 aromatic carbocycles. The molecule has 2 aromatic rings. The third-order valence-corrected chi connectivity index (χ3v) is 2.89. The largest absolute Gasteiger partial charge is 0.298 e. The molecule has 2 heteroatoms. The first-order valence-electron chi connectivity index (χ1n) is 5.28.